The number of rotatable bonds is 2. The SMILES string of the molecule is CC(=O)c1c(C)n(-c2ccccc2)c(C)nc1=S. The van der Waals surface area contributed by atoms with E-state index in [0.717, 1.165) is 17.2 Å². The summed E-state index contributed by atoms with van der Waals surface area (Å²) >= 11 is 5.17. The zero-order valence-corrected chi connectivity index (χ0v) is 11.4. The highest BCUT2D eigenvalue weighted by atomic mass is 32.1. The molecular weight excluding hydrogens is 244 g/mol. The Bertz CT molecular complexity index is 659. The number of nitrogens with zero attached hydrogens (tertiary/aromatic N) is 2. The molecule has 0 unspecified atom stereocenters. The molecule has 0 spiro atoms. The number of hydrogen-bond donors (Lipinski definition) is 0. The second-order valence-corrected chi connectivity index (χ2v) is 4.54. The van der Waals surface area contributed by atoms with E-state index in [1.165, 1.54) is 6.92 Å². The third-order valence-corrected chi connectivity index (χ3v) is 3.16. The van der Waals surface area contributed by atoms with Gasteiger partial charge in [-0.05, 0) is 32.9 Å². The number of aromatic nitrogens is 2. The van der Waals surface area contributed by atoms with E-state index in [9.17, 15) is 4.79 Å². The standard InChI is InChI=1S/C14H14N2OS/c1-9-13(10(2)17)14(18)15-11(3)16(9)12-7-5-4-6-8-12/h4-8H,1-3H3. The summed E-state index contributed by atoms with van der Waals surface area (Å²) in [5.41, 5.74) is 2.35. The first-order valence-corrected chi connectivity index (χ1v) is 6.10. The summed E-state index contributed by atoms with van der Waals surface area (Å²) in [6.07, 6.45) is 0. The molecule has 0 radical (unpaired) electrons. The van der Waals surface area contributed by atoms with Crippen molar-refractivity contribution in [2.45, 2.75) is 20.8 Å². The molecule has 0 aliphatic heterocycles. The van der Waals surface area contributed by atoms with E-state index >= 15 is 0 Å². The largest absolute Gasteiger partial charge is 0.302 e. The lowest BCUT2D eigenvalue weighted by Crippen LogP contribution is -2.13. The molecule has 0 atom stereocenters. The third kappa shape index (κ3) is 2.11. The summed E-state index contributed by atoms with van der Waals surface area (Å²) in [6.45, 7) is 5.30. The Morgan fingerprint density at radius 1 is 1.22 bits per heavy atom. The molecule has 3 nitrogen and oxygen atoms in total. The normalized spacial score (nSPS) is 10.4. The first-order chi connectivity index (χ1) is 8.52. The molecule has 2 rings (SSSR count). The highest BCUT2D eigenvalue weighted by Crippen LogP contribution is 2.17. The maximum Gasteiger partial charge on any atom is 0.164 e. The third-order valence-electron chi connectivity index (χ3n) is 2.86. The molecule has 0 N–H and O–H groups in total. The Hall–Kier alpha value is -1.81. The number of ketones is 1. The number of benzene rings is 1. The quantitative estimate of drug-likeness (QED) is 0.611. The monoisotopic (exact) mass is 258 g/mol. The smallest absolute Gasteiger partial charge is 0.164 e. The maximum absolute atomic E-state index is 11.7. The summed E-state index contributed by atoms with van der Waals surface area (Å²) in [6, 6.07) is 9.82. The molecule has 1 aromatic heterocycles. The van der Waals surface area contributed by atoms with Crippen LogP contribution in [0.25, 0.3) is 5.69 Å². The average molecular weight is 258 g/mol. The lowest BCUT2D eigenvalue weighted by atomic mass is 10.1. The topological polar surface area (TPSA) is 34.9 Å². The second kappa shape index (κ2) is 4.82. The summed E-state index contributed by atoms with van der Waals surface area (Å²) in [7, 11) is 0. The van der Waals surface area contributed by atoms with Gasteiger partial charge in [0.25, 0.3) is 0 Å². The van der Waals surface area contributed by atoms with Crippen LogP contribution in [0.2, 0.25) is 0 Å². The van der Waals surface area contributed by atoms with Crippen LogP contribution in [0.4, 0.5) is 0 Å². The summed E-state index contributed by atoms with van der Waals surface area (Å²) < 4.78 is 2.33. The van der Waals surface area contributed by atoms with Crippen LogP contribution in [0.15, 0.2) is 30.3 Å². The summed E-state index contributed by atoms with van der Waals surface area (Å²) in [5.74, 6) is 0.739. The van der Waals surface area contributed by atoms with Crippen LogP contribution < -0.4 is 0 Å². The molecule has 0 aliphatic rings. The fraction of sp³-hybridized carbons (Fsp3) is 0.214. The van der Waals surface area contributed by atoms with Crippen molar-refractivity contribution in [3.63, 3.8) is 0 Å². The predicted molar refractivity (Wildman–Crippen MR) is 73.9 cm³/mol. The highest BCUT2D eigenvalue weighted by Gasteiger charge is 2.13. The highest BCUT2D eigenvalue weighted by molar-refractivity contribution is 7.71. The van der Waals surface area contributed by atoms with Crippen LogP contribution in [-0.4, -0.2) is 15.3 Å². The Balaban J connectivity index is 2.81. The van der Waals surface area contributed by atoms with Crippen molar-refractivity contribution in [3.05, 3.63) is 52.1 Å². The molecular formula is C14H14N2OS. The zero-order chi connectivity index (χ0) is 13.3. The van der Waals surface area contributed by atoms with E-state index in [4.69, 9.17) is 12.2 Å². The molecule has 0 amide bonds. The van der Waals surface area contributed by atoms with E-state index in [2.05, 4.69) is 4.98 Å². The van der Waals surface area contributed by atoms with Crippen LogP contribution in [-0.2, 0) is 0 Å². The Morgan fingerprint density at radius 3 is 2.39 bits per heavy atom. The molecule has 1 aromatic carbocycles. The molecule has 2 aromatic rings. The van der Waals surface area contributed by atoms with Gasteiger partial charge in [0.05, 0.1) is 5.56 Å². The molecule has 0 saturated heterocycles. The van der Waals surface area contributed by atoms with E-state index < -0.39 is 0 Å². The van der Waals surface area contributed by atoms with Gasteiger partial charge in [-0.25, -0.2) is 4.98 Å². The van der Waals surface area contributed by atoms with Crippen molar-refractivity contribution in [1.82, 2.24) is 9.55 Å². The summed E-state index contributed by atoms with van der Waals surface area (Å²) in [5, 5.41) is 0. The van der Waals surface area contributed by atoms with Crippen LogP contribution in [0.3, 0.4) is 0 Å². The minimum absolute atomic E-state index is 0.0466. The number of para-hydroxylation sites is 1. The minimum Gasteiger partial charge on any atom is -0.302 e. The Kier molecular flexibility index (Phi) is 3.39. The molecule has 0 bridgehead atoms. The van der Waals surface area contributed by atoms with Gasteiger partial charge in [0, 0.05) is 11.4 Å². The van der Waals surface area contributed by atoms with Crippen LogP contribution in [0.1, 0.15) is 28.8 Å². The Morgan fingerprint density at radius 2 is 1.83 bits per heavy atom. The lowest BCUT2D eigenvalue weighted by molar-refractivity contribution is 0.101. The van der Waals surface area contributed by atoms with E-state index in [1.54, 1.807) is 0 Å². The van der Waals surface area contributed by atoms with Crippen molar-refractivity contribution in [3.8, 4) is 5.69 Å². The minimum atomic E-state index is -0.0466. The number of carbonyl (C=O) groups excluding carboxylic acids is 1. The molecule has 18 heavy (non-hydrogen) atoms. The van der Waals surface area contributed by atoms with Crippen molar-refractivity contribution in [2.24, 2.45) is 0 Å². The molecule has 0 saturated carbocycles. The van der Waals surface area contributed by atoms with Gasteiger partial charge in [-0.3, -0.25) is 4.79 Å². The Labute approximate surface area is 111 Å². The van der Waals surface area contributed by atoms with Gasteiger partial charge in [-0.15, -0.1) is 0 Å². The average Bonchev–Trinajstić information content (AvgIpc) is 2.28. The van der Waals surface area contributed by atoms with Gasteiger partial charge >= 0.3 is 0 Å². The number of Topliss-reactive ketones (excluding diaryl/α,β-unsaturated/α-hetero) is 1. The maximum atomic E-state index is 11.7. The van der Waals surface area contributed by atoms with E-state index in [0.29, 0.717) is 10.2 Å². The molecule has 4 heteroatoms. The first-order valence-electron chi connectivity index (χ1n) is 5.69. The van der Waals surface area contributed by atoms with Gasteiger partial charge in [0.1, 0.15) is 10.5 Å². The summed E-state index contributed by atoms with van der Waals surface area (Å²) in [4.78, 5) is 16.0. The fourth-order valence-electron chi connectivity index (χ4n) is 2.13. The molecule has 0 fully saturated rings. The van der Waals surface area contributed by atoms with Crippen LogP contribution in [0.5, 0.6) is 0 Å². The fourth-order valence-corrected chi connectivity index (χ4v) is 2.55. The van der Waals surface area contributed by atoms with Crippen molar-refractivity contribution in [2.75, 3.05) is 0 Å². The van der Waals surface area contributed by atoms with Gasteiger partial charge in [0.2, 0.25) is 0 Å². The number of hydrogen-bond acceptors (Lipinski definition) is 3. The van der Waals surface area contributed by atoms with Crippen LogP contribution >= 0.6 is 12.2 Å². The van der Waals surface area contributed by atoms with Gasteiger partial charge in [-0.1, -0.05) is 30.4 Å². The second-order valence-electron chi connectivity index (χ2n) is 4.15. The van der Waals surface area contributed by atoms with Gasteiger partial charge < -0.3 is 4.57 Å². The molecule has 92 valence electrons. The number of aryl methyl sites for hydroxylation is 1. The van der Waals surface area contributed by atoms with Crippen LogP contribution in [0, 0.1) is 18.5 Å². The zero-order valence-electron chi connectivity index (χ0n) is 10.6. The molecule has 1 heterocycles. The lowest BCUT2D eigenvalue weighted by Gasteiger charge is -2.16. The van der Waals surface area contributed by atoms with Gasteiger partial charge in [-0.2, -0.15) is 0 Å². The molecule has 0 aliphatic carbocycles. The van der Waals surface area contributed by atoms with Crippen molar-refractivity contribution < 1.29 is 4.79 Å². The predicted octanol–water partition coefficient (Wildman–Crippen LogP) is 3.42. The first kappa shape index (κ1) is 12.6. The van der Waals surface area contributed by atoms with E-state index in [-0.39, 0.29) is 5.78 Å². The van der Waals surface area contributed by atoms with Gasteiger partial charge in [0.15, 0.2) is 5.78 Å². The van der Waals surface area contributed by atoms with Crippen molar-refractivity contribution >= 4 is 18.0 Å². The number of carbonyl (C=O) groups is 1. The van der Waals surface area contributed by atoms with E-state index in [1.807, 2.05) is 48.7 Å². The van der Waals surface area contributed by atoms with Crippen molar-refractivity contribution in [1.29, 1.82) is 0 Å².